The van der Waals surface area contributed by atoms with Crippen molar-refractivity contribution in [1.82, 2.24) is 5.32 Å². The first-order valence-electron chi connectivity index (χ1n) is 5.44. The zero-order valence-corrected chi connectivity index (χ0v) is 9.12. The van der Waals surface area contributed by atoms with Crippen LogP contribution in [0.25, 0.3) is 0 Å². The summed E-state index contributed by atoms with van der Waals surface area (Å²) in [4.78, 5) is 4.18. The lowest BCUT2D eigenvalue weighted by Gasteiger charge is -2.35. The Balaban J connectivity index is 2.09. The van der Waals surface area contributed by atoms with Crippen molar-refractivity contribution < 1.29 is 4.74 Å². The second kappa shape index (κ2) is 5.86. The molecule has 1 fully saturated rings. The van der Waals surface area contributed by atoms with E-state index in [9.17, 15) is 0 Å². The summed E-state index contributed by atoms with van der Waals surface area (Å²) < 4.78 is 5.45. The Morgan fingerprint density at radius 1 is 1.50 bits per heavy atom. The van der Waals surface area contributed by atoms with E-state index in [0.717, 1.165) is 32.4 Å². The molecule has 1 aliphatic carbocycles. The highest BCUT2D eigenvalue weighted by Gasteiger charge is 2.29. The van der Waals surface area contributed by atoms with E-state index in [2.05, 4.69) is 17.2 Å². The van der Waals surface area contributed by atoms with Crippen molar-refractivity contribution in [2.45, 2.75) is 45.3 Å². The van der Waals surface area contributed by atoms with Crippen LogP contribution in [0.15, 0.2) is 4.99 Å². The summed E-state index contributed by atoms with van der Waals surface area (Å²) in [5.41, 5.74) is 5.69. The zero-order valence-electron chi connectivity index (χ0n) is 9.12. The number of ether oxygens (including phenoxy) is 1. The van der Waals surface area contributed by atoms with Gasteiger partial charge < -0.3 is 15.8 Å². The molecule has 0 aromatic rings. The Hall–Kier alpha value is -0.770. The largest absolute Gasteiger partial charge is 0.378 e. The van der Waals surface area contributed by atoms with E-state index in [1.807, 2.05) is 6.92 Å². The van der Waals surface area contributed by atoms with E-state index >= 15 is 0 Å². The van der Waals surface area contributed by atoms with Crippen LogP contribution in [-0.4, -0.2) is 31.3 Å². The van der Waals surface area contributed by atoms with Crippen LogP contribution >= 0.6 is 0 Å². The fourth-order valence-corrected chi connectivity index (χ4v) is 1.54. The summed E-state index contributed by atoms with van der Waals surface area (Å²) in [5, 5.41) is 3.19. The summed E-state index contributed by atoms with van der Waals surface area (Å²) in [6.45, 7) is 5.72. The lowest BCUT2D eigenvalue weighted by Crippen LogP contribution is -2.50. The first-order chi connectivity index (χ1) is 6.76. The van der Waals surface area contributed by atoms with Crippen molar-refractivity contribution in [3.63, 3.8) is 0 Å². The smallest absolute Gasteiger partial charge is 0.188 e. The average Bonchev–Trinajstić information content (AvgIpc) is 2.11. The Morgan fingerprint density at radius 3 is 2.79 bits per heavy atom. The maximum atomic E-state index is 5.69. The number of nitrogens with two attached hydrogens (primary N) is 1. The van der Waals surface area contributed by atoms with Gasteiger partial charge >= 0.3 is 0 Å². The van der Waals surface area contributed by atoms with Gasteiger partial charge in [0.2, 0.25) is 0 Å². The summed E-state index contributed by atoms with van der Waals surface area (Å²) in [6, 6.07) is 0.465. The van der Waals surface area contributed by atoms with Gasteiger partial charge in [0.25, 0.3) is 0 Å². The van der Waals surface area contributed by atoms with Crippen LogP contribution < -0.4 is 11.1 Å². The first kappa shape index (κ1) is 11.3. The quantitative estimate of drug-likeness (QED) is 0.510. The van der Waals surface area contributed by atoms with Crippen LogP contribution in [0.5, 0.6) is 0 Å². The molecule has 1 aliphatic rings. The third-order valence-corrected chi connectivity index (χ3v) is 2.35. The maximum Gasteiger partial charge on any atom is 0.188 e. The molecule has 0 aromatic heterocycles. The van der Waals surface area contributed by atoms with Crippen LogP contribution in [0, 0.1) is 0 Å². The van der Waals surface area contributed by atoms with Gasteiger partial charge in [0.15, 0.2) is 5.96 Å². The second-order valence-electron chi connectivity index (χ2n) is 3.66. The fraction of sp³-hybridized carbons (Fsp3) is 0.900. The number of hydrogen-bond donors (Lipinski definition) is 2. The number of nitrogens with one attached hydrogen (secondary N) is 1. The summed E-state index contributed by atoms with van der Waals surface area (Å²) in [7, 11) is 0. The Kier molecular flexibility index (Phi) is 4.73. The molecule has 0 radical (unpaired) electrons. The molecule has 3 N–H and O–H groups in total. The van der Waals surface area contributed by atoms with Crippen LogP contribution in [0.2, 0.25) is 0 Å². The van der Waals surface area contributed by atoms with Gasteiger partial charge in [0, 0.05) is 19.2 Å². The lowest BCUT2D eigenvalue weighted by molar-refractivity contribution is -0.00566. The molecule has 4 nitrogen and oxygen atoms in total. The summed E-state index contributed by atoms with van der Waals surface area (Å²) in [5.74, 6) is 0.576. The third kappa shape index (κ3) is 3.54. The molecule has 1 rings (SSSR count). The molecule has 4 heteroatoms. The monoisotopic (exact) mass is 199 g/mol. The average molecular weight is 199 g/mol. The highest BCUT2D eigenvalue weighted by molar-refractivity contribution is 5.78. The number of hydrogen-bond acceptors (Lipinski definition) is 2. The van der Waals surface area contributed by atoms with Crippen molar-refractivity contribution in [2.24, 2.45) is 10.7 Å². The fourth-order valence-electron chi connectivity index (χ4n) is 1.54. The molecule has 0 aliphatic heterocycles. The van der Waals surface area contributed by atoms with Gasteiger partial charge in [-0.25, -0.2) is 0 Å². The molecular formula is C10H21N3O. The highest BCUT2D eigenvalue weighted by atomic mass is 16.5. The van der Waals surface area contributed by atoms with Crippen LogP contribution in [0.1, 0.15) is 33.1 Å². The minimum absolute atomic E-state index is 0.427. The predicted octanol–water partition coefficient (Wildman–Crippen LogP) is 0.868. The van der Waals surface area contributed by atoms with E-state index in [1.165, 1.54) is 0 Å². The minimum Gasteiger partial charge on any atom is -0.378 e. The summed E-state index contributed by atoms with van der Waals surface area (Å²) >= 11 is 0. The normalized spacial score (nSPS) is 27.1. The molecular weight excluding hydrogens is 178 g/mol. The molecule has 0 unspecified atom stereocenters. The first-order valence-corrected chi connectivity index (χ1v) is 5.44. The van der Waals surface area contributed by atoms with Crippen molar-refractivity contribution in [3.8, 4) is 0 Å². The van der Waals surface area contributed by atoms with Crippen molar-refractivity contribution in [2.75, 3.05) is 13.2 Å². The van der Waals surface area contributed by atoms with Crippen molar-refractivity contribution in [1.29, 1.82) is 0 Å². The Morgan fingerprint density at radius 2 is 2.21 bits per heavy atom. The Labute approximate surface area is 85.9 Å². The number of nitrogens with zero attached hydrogens (tertiary/aromatic N) is 1. The van der Waals surface area contributed by atoms with Crippen LogP contribution in [-0.2, 0) is 4.74 Å². The van der Waals surface area contributed by atoms with Gasteiger partial charge in [-0.3, -0.25) is 4.99 Å². The van der Waals surface area contributed by atoms with Crippen molar-refractivity contribution in [3.05, 3.63) is 0 Å². The van der Waals surface area contributed by atoms with E-state index < -0.39 is 0 Å². The number of rotatable bonds is 5. The number of guanidine groups is 1. The maximum absolute atomic E-state index is 5.69. The molecule has 82 valence electrons. The molecule has 0 heterocycles. The molecule has 1 saturated carbocycles. The molecule has 0 bridgehead atoms. The highest BCUT2D eigenvalue weighted by Crippen LogP contribution is 2.22. The molecule has 0 atom stereocenters. The molecule has 0 saturated heterocycles. The third-order valence-electron chi connectivity index (χ3n) is 2.35. The molecule has 14 heavy (non-hydrogen) atoms. The predicted molar refractivity (Wildman–Crippen MR) is 58.4 cm³/mol. The zero-order chi connectivity index (χ0) is 10.4. The summed E-state index contributed by atoms with van der Waals surface area (Å²) in [6.07, 6.45) is 3.57. The molecule has 0 amide bonds. The van der Waals surface area contributed by atoms with Gasteiger partial charge in [-0.2, -0.15) is 0 Å². The second-order valence-corrected chi connectivity index (χ2v) is 3.66. The Bertz CT molecular complexity index is 188. The topological polar surface area (TPSA) is 59.6 Å². The van der Waals surface area contributed by atoms with E-state index in [4.69, 9.17) is 10.5 Å². The number of aliphatic imine (C=N–C) groups is 1. The van der Waals surface area contributed by atoms with Crippen LogP contribution in [0.3, 0.4) is 0 Å². The van der Waals surface area contributed by atoms with E-state index in [0.29, 0.717) is 18.1 Å². The molecule has 0 aromatic carbocycles. The lowest BCUT2D eigenvalue weighted by atomic mass is 9.89. The van der Waals surface area contributed by atoms with Gasteiger partial charge in [-0.15, -0.1) is 0 Å². The van der Waals surface area contributed by atoms with Crippen LogP contribution in [0.4, 0.5) is 0 Å². The standard InChI is InChI=1S/C10H21N3O/c1-3-5-12-10(11)13-8-6-9(7-8)14-4-2/h8-9H,3-7H2,1-2H3,(H3,11,12,13). The molecule has 0 spiro atoms. The van der Waals surface area contributed by atoms with Crippen molar-refractivity contribution >= 4 is 5.96 Å². The van der Waals surface area contributed by atoms with Gasteiger partial charge in [0.1, 0.15) is 0 Å². The van der Waals surface area contributed by atoms with Gasteiger partial charge in [-0.05, 0) is 26.2 Å². The van der Waals surface area contributed by atoms with Gasteiger partial charge in [-0.1, -0.05) is 6.92 Å². The van der Waals surface area contributed by atoms with Gasteiger partial charge in [0.05, 0.1) is 6.10 Å². The van der Waals surface area contributed by atoms with E-state index in [1.54, 1.807) is 0 Å². The SMILES string of the molecule is CCCN=C(N)NC1CC(OCC)C1. The minimum atomic E-state index is 0.427. The van der Waals surface area contributed by atoms with E-state index in [-0.39, 0.29) is 0 Å².